The number of aromatic hydroxyl groups is 2. The predicted molar refractivity (Wildman–Crippen MR) is 149 cm³/mol. The highest BCUT2D eigenvalue weighted by Crippen LogP contribution is 2.37. The van der Waals surface area contributed by atoms with E-state index in [1.54, 1.807) is 18.2 Å². The molecule has 206 valence electrons. The summed E-state index contributed by atoms with van der Waals surface area (Å²) in [6.45, 7) is 7.68. The first-order valence-corrected chi connectivity index (χ1v) is 14.4. The Kier molecular flexibility index (Phi) is 13.2. The Morgan fingerprint density at radius 2 is 1.27 bits per heavy atom. The van der Waals surface area contributed by atoms with Gasteiger partial charge in [0, 0.05) is 5.56 Å². The van der Waals surface area contributed by atoms with Crippen molar-refractivity contribution in [1.82, 2.24) is 0 Å². The average Bonchev–Trinajstić information content (AvgIpc) is 2.83. The molecular weight excluding hydrogens is 526 g/mol. The third-order valence-corrected chi connectivity index (χ3v) is 7.89. The van der Waals surface area contributed by atoms with Gasteiger partial charge in [-0.05, 0) is 61.4 Å². The van der Waals surface area contributed by atoms with Gasteiger partial charge in [0.15, 0.2) is 0 Å². The molecule has 5 heteroatoms. The third-order valence-electron chi connectivity index (χ3n) is 7.89. The summed E-state index contributed by atoms with van der Waals surface area (Å²) in [6, 6.07) is 9.14. The topological polar surface area (TPSA) is 57.5 Å². The zero-order valence-electron chi connectivity index (χ0n) is 23.3. The van der Waals surface area contributed by atoms with Crippen LogP contribution in [0.3, 0.4) is 0 Å². The van der Waals surface area contributed by atoms with E-state index in [9.17, 15) is 15.0 Å². The maximum atomic E-state index is 13.1. The molecule has 0 heterocycles. The van der Waals surface area contributed by atoms with Crippen LogP contribution in [0.4, 0.5) is 0 Å². The normalized spacial score (nSPS) is 12.7. The number of hydrogen-bond acceptors (Lipinski definition) is 3. The molecule has 0 spiro atoms. The van der Waals surface area contributed by atoms with E-state index < -0.39 is 0 Å². The highest BCUT2D eigenvalue weighted by atomic mass is 79.9. The second-order valence-corrected chi connectivity index (χ2v) is 11.2. The number of phenols is 2. The molecule has 0 unspecified atom stereocenters. The number of halogens is 1. The second kappa shape index (κ2) is 15.5. The van der Waals surface area contributed by atoms with Gasteiger partial charge in [-0.2, -0.15) is 0 Å². The number of phenolic OH excluding ortho intramolecular Hbond substituents is 2. The van der Waals surface area contributed by atoms with Gasteiger partial charge >= 0.3 is 0 Å². The summed E-state index contributed by atoms with van der Waals surface area (Å²) in [7, 11) is 2.37. The summed E-state index contributed by atoms with van der Waals surface area (Å²) in [5.41, 5.74) is 3.50. The predicted octanol–water partition coefficient (Wildman–Crippen LogP) is 4.90. The molecule has 0 aromatic heterocycles. The highest BCUT2D eigenvalue weighted by Gasteiger charge is 2.30. The van der Waals surface area contributed by atoms with Gasteiger partial charge in [-0.1, -0.05) is 77.3 Å². The van der Waals surface area contributed by atoms with E-state index in [1.165, 1.54) is 77.0 Å². The fourth-order valence-electron chi connectivity index (χ4n) is 5.83. The van der Waals surface area contributed by atoms with Crippen molar-refractivity contribution >= 4 is 5.78 Å². The quantitative estimate of drug-likeness (QED) is 0.189. The Morgan fingerprint density at radius 1 is 0.730 bits per heavy atom. The summed E-state index contributed by atoms with van der Waals surface area (Å²) in [6.07, 6.45) is 16.1. The molecule has 3 rings (SSSR count). The highest BCUT2D eigenvalue weighted by molar-refractivity contribution is 6.15. The van der Waals surface area contributed by atoms with E-state index in [-0.39, 0.29) is 34.3 Å². The molecular formula is C32H48BrNO3. The Morgan fingerprint density at radius 3 is 1.86 bits per heavy atom. The lowest BCUT2D eigenvalue weighted by Crippen LogP contribution is -3.00. The summed E-state index contributed by atoms with van der Waals surface area (Å²) in [5, 5.41) is 21.2. The van der Waals surface area contributed by atoms with Crippen molar-refractivity contribution in [1.29, 1.82) is 0 Å². The van der Waals surface area contributed by atoms with Crippen LogP contribution < -0.4 is 17.0 Å². The van der Waals surface area contributed by atoms with Gasteiger partial charge in [-0.3, -0.25) is 4.79 Å². The molecule has 1 aliphatic rings. The molecule has 2 aromatic rings. The first kappa shape index (κ1) is 31.4. The third kappa shape index (κ3) is 8.85. The number of carbonyl (C=O) groups excluding carboxylic acids is 1. The lowest BCUT2D eigenvalue weighted by atomic mass is 9.83. The second-order valence-electron chi connectivity index (χ2n) is 11.2. The van der Waals surface area contributed by atoms with Gasteiger partial charge in [0.05, 0.1) is 31.3 Å². The van der Waals surface area contributed by atoms with Crippen molar-refractivity contribution in [3.63, 3.8) is 0 Å². The lowest BCUT2D eigenvalue weighted by molar-refractivity contribution is -0.923. The Balaban J connectivity index is 0.00000481. The van der Waals surface area contributed by atoms with Crippen LogP contribution >= 0.6 is 0 Å². The lowest BCUT2D eigenvalue weighted by Gasteiger charge is -2.35. The van der Waals surface area contributed by atoms with Gasteiger partial charge in [0.2, 0.25) is 5.78 Å². The van der Waals surface area contributed by atoms with E-state index >= 15 is 0 Å². The van der Waals surface area contributed by atoms with Crippen LogP contribution in [0.1, 0.15) is 124 Å². The number of rotatable bonds is 16. The number of quaternary nitrogens is 1. The number of nitrogens with zero attached hydrogens (tertiary/aromatic N) is 1. The summed E-state index contributed by atoms with van der Waals surface area (Å²) in [4.78, 5) is 13.1. The van der Waals surface area contributed by atoms with Gasteiger partial charge < -0.3 is 31.7 Å². The number of unbranched alkanes of at least 4 members (excludes halogenated alkanes) is 10. The molecule has 0 aliphatic heterocycles. The van der Waals surface area contributed by atoms with E-state index in [0.29, 0.717) is 17.5 Å². The SMILES string of the molecule is CCCCCCCC[N+](C)(CCCCCCCC)Cc1cc(O)c2c(c1)Cc1cccc(O)c1C2=O.[Br-]. The number of hydrogen-bond donors (Lipinski definition) is 2. The van der Waals surface area contributed by atoms with Gasteiger partial charge in [-0.15, -0.1) is 0 Å². The van der Waals surface area contributed by atoms with Gasteiger partial charge in [0.25, 0.3) is 0 Å². The maximum Gasteiger partial charge on any atom is 0.201 e. The maximum absolute atomic E-state index is 13.1. The molecule has 0 fully saturated rings. The van der Waals surface area contributed by atoms with Crippen LogP contribution in [0.15, 0.2) is 30.3 Å². The van der Waals surface area contributed by atoms with Crippen LogP contribution in [-0.4, -0.2) is 40.6 Å². The van der Waals surface area contributed by atoms with E-state index in [0.717, 1.165) is 40.8 Å². The molecule has 0 atom stereocenters. The smallest absolute Gasteiger partial charge is 0.201 e. The monoisotopic (exact) mass is 573 g/mol. The molecule has 2 N–H and O–H groups in total. The van der Waals surface area contributed by atoms with Gasteiger partial charge in [0.1, 0.15) is 18.0 Å². The fraction of sp³-hybridized carbons (Fsp3) is 0.594. The molecule has 0 amide bonds. The Bertz CT molecular complexity index is 988. The van der Waals surface area contributed by atoms with Crippen molar-refractivity contribution in [3.05, 3.63) is 58.1 Å². The van der Waals surface area contributed by atoms with Crippen LogP contribution in [0.25, 0.3) is 0 Å². The summed E-state index contributed by atoms with van der Waals surface area (Å²) < 4.78 is 0.977. The van der Waals surface area contributed by atoms with E-state index in [4.69, 9.17) is 0 Å². The van der Waals surface area contributed by atoms with Crippen molar-refractivity contribution in [2.24, 2.45) is 0 Å². The van der Waals surface area contributed by atoms with E-state index in [2.05, 4.69) is 27.0 Å². The summed E-state index contributed by atoms with van der Waals surface area (Å²) in [5.74, 6) is -0.231. The first-order chi connectivity index (χ1) is 17.4. The van der Waals surface area contributed by atoms with Crippen LogP contribution in [0.5, 0.6) is 11.5 Å². The molecule has 0 saturated heterocycles. The zero-order valence-corrected chi connectivity index (χ0v) is 24.9. The summed E-state index contributed by atoms with van der Waals surface area (Å²) >= 11 is 0. The van der Waals surface area contributed by atoms with Crippen molar-refractivity contribution < 1.29 is 36.5 Å². The molecule has 4 nitrogen and oxygen atoms in total. The molecule has 0 radical (unpaired) electrons. The minimum Gasteiger partial charge on any atom is -1.00 e. The molecule has 1 aliphatic carbocycles. The van der Waals surface area contributed by atoms with Crippen LogP contribution in [0.2, 0.25) is 0 Å². The zero-order chi connectivity index (χ0) is 26.0. The average molecular weight is 575 g/mol. The molecule has 0 bridgehead atoms. The van der Waals surface area contributed by atoms with Crippen molar-refractivity contribution in [2.75, 3.05) is 20.1 Å². The standard InChI is InChI=1S/C32H47NO3.BrH/c1-4-6-8-10-12-14-19-33(3,20-15-13-11-9-7-5-2)24-25-21-27-23-26-17-16-18-28(34)30(26)32(36)31(27)29(35)22-25;/h16-18,21-22H,4-15,19-20,23-24H2,1-3H3,(H-,34,35,36);1H. The minimum absolute atomic E-state index is 0. The minimum atomic E-state index is -0.273. The van der Waals surface area contributed by atoms with Crippen LogP contribution in [0, 0.1) is 0 Å². The van der Waals surface area contributed by atoms with Crippen molar-refractivity contribution in [3.8, 4) is 11.5 Å². The van der Waals surface area contributed by atoms with Crippen LogP contribution in [-0.2, 0) is 13.0 Å². The number of benzene rings is 2. The van der Waals surface area contributed by atoms with Crippen molar-refractivity contribution in [2.45, 2.75) is 104 Å². The Labute approximate surface area is 235 Å². The number of fused-ring (bicyclic) bond motifs is 2. The molecule has 0 saturated carbocycles. The van der Waals surface area contributed by atoms with Gasteiger partial charge in [-0.25, -0.2) is 0 Å². The molecule has 2 aromatic carbocycles. The molecule has 37 heavy (non-hydrogen) atoms. The number of carbonyl (C=O) groups is 1. The largest absolute Gasteiger partial charge is 1.00 e. The first-order valence-electron chi connectivity index (χ1n) is 14.4. The fourth-order valence-corrected chi connectivity index (χ4v) is 5.83. The Hall–Kier alpha value is -1.85. The van der Waals surface area contributed by atoms with E-state index in [1.807, 2.05) is 6.07 Å². The number of ketones is 1.